The zero-order chi connectivity index (χ0) is 15.8. The summed E-state index contributed by atoms with van der Waals surface area (Å²) in [5, 5.41) is 3.67. The molecule has 0 saturated carbocycles. The van der Waals surface area contributed by atoms with E-state index in [2.05, 4.69) is 38.0 Å². The van der Waals surface area contributed by atoms with Gasteiger partial charge in [-0.25, -0.2) is 0 Å². The minimum absolute atomic E-state index is 0.582. The molecule has 1 unspecified atom stereocenters. The van der Waals surface area contributed by atoms with Crippen molar-refractivity contribution in [3.63, 3.8) is 0 Å². The van der Waals surface area contributed by atoms with Crippen molar-refractivity contribution in [3.05, 3.63) is 23.0 Å². The molecule has 0 fully saturated rings. The summed E-state index contributed by atoms with van der Waals surface area (Å²) in [6.07, 6.45) is 6.49. The van der Waals surface area contributed by atoms with Crippen molar-refractivity contribution in [1.82, 2.24) is 10.3 Å². The molecular weight excluding hydrogens is 260 g/mol. The fraction of sp³-hybridized carbons (Fsp3) is 0.722. The van der Waals surface area contributed by atoms with Crippen molar-refractivity contribution in [2.45, 2.75) is 66.3 Å². The molecule has 0 aromatic carbocycles. The summed E-state index contributed by atoms with van der Waals surface area (Å²) in [6.45, 7) is 12.1. The summed E-state index contributed by atoms with van der Waals surface area (Å²) in [7, 11) is 1.74. The molecule has 1 aromatic rings. The predicted molar refractivity (Wildman–Crippen MR) is 90.1 cm³/mol. The molecule has 0 spiro atoms. The molecule has 1 N–H and O–H groups in total. The Bertz CT molecular complexity index is 429. The number of aryl methyl sites for hydroxylation is 2. The summed E-state index contributed by atoms with van der Waals surface area (Å²) < 4.78 is 5.50. The van der Waals surface area contributed by atoms with Gasteiger partial charge in [0.15, 0.2) is 0 Å². The lowest BCUT2D eigenvalue weighted by Gasteiger charge is -2.21. The topological polar surface area (TPSA) is 34.2 Å². The Morgan fingerprint density at radius 3 is 2.57 bits per heavy atom. The van der Waals surface area contributed by atoms with E-state index in [1.807, 2.05) is 13.1 Å². The van der Waals surface area contributed by atoms with Crippen LogP contribution in [0.1, 0.15) is 56.9 Å². The van der Waals surface area contributed by atoms with Crippen LogP contribution in [0, 0.1) is 19.8 Å². The van der Waals surface area contributed by atoms with Gasteiger partial charge >= 0.3 is 0 Å². The van der Waals surface area contributed by atoms with Gasteiger partial charge in [-0.05, 0) is 52.0 Å². The van der Waals surface area contributed by atoms with Crippen LogP contribution in [-0.2, 0) is 6.42 Å². The highest BCUT2D eigenvalue weighted by Gasteiger charge is 2.14. The average molecular weight is 292 g/mol. The first kappa shape index (κ1) is 18.0. The van der Waals surface area contributed by atoms with Gasteiger partial charge in [0.1, 0.15) is 5.75 Å². The molecule has 1 heterocycles. The van der Waals surface area contributed by atoms with Gasteiger partial charge < -0.3 is 10.1 Å². The molecule has 120 valence electrons. The van der Waals surface area contributed by atoms with Crippen LogP contribution in [0.5, 0.6) is 5.75 Å². The maximum Gasteiger partial charge on any atom is 0.128 e. The first-order valence-electron chi connectivity index (χ1n) is 8.22. The van der Waals surface area contributed by atoms with E-state index in [-0.39, 0.29) is 0 Å². The molecule has 1 atom stereocenters. The lowest BCUT2D eigenvalue weighted by atomic mass is 9.97. The molecule has 0 bridgehead atoms. The van der Waals surface area contributed by atoms with Crippen molar-refractivity contribution < 1.29 is 4.74 Å². The largest absolute Gasteiger partial charge is 0.496 e. The molecule has 3 heteroatoms. The lowest BCUT2D eigenvalue weighted by Crippen LogP contribution is -2.31. The second kappa shape index (κ2) is 9.04. The summed E-state index contributed by atoms with van der Waals surface area (Å²) in [5.41, 5.74) is 3.47. The number of hydrogen-bond acceptors (Lipinski definition) is 3. The van der Waals surface area contributed by atoms with Crippen molar-refractivity contribution in [2.24, 2.45) is 5.92 Å². The number of pyridine rings is 1. The highest BCUT2D eigenvalue weighted by atomic mass is 16.5. The van der Waals surface area contributed by atoms with Gasteiger partial charge in [-0.2, -0.15) is 0 Å². The van der Waals surface area contributed by atoms with Crippen LogP contribution in [0.3, 0.4) is 0 Å². The normalized spacial score (nSPS) is 12.7. The van der Waals surface area contributed by atoms with Gasteiger partial charge in [0.2, 0.25) is 0 Å². The summed E-state index contributed by atoms with van der Waals surface area (Å²) in [5.74, 6) is 1.71. The van der Waals surface area contributed by atoms with Crippen molar-refractivity contribution in [3.8, 4) is 5.75 Å². The van der Waals surface area contributed by atoms with Crippen LogP contribution >= 0.6 is 0 Å². The Morgan fingerprint density at radius 1 is 1.29 bits per heavy atom. The molecule has 0 saturated heterocycles. The first-order valence-corrected chi connectivity index (χ1v) is 8.22. The minimum atomic E-state index is 0.582. The summed E-state index contributed by atoms with van der Waals surface area (Å²) in [4.78, 5) is 4.61. The molecule has 3 nitrogen and oxygen atoms in total. The van der Waals surface area contributed by atoms with Crippen molar-refractivity contribution in [2.75, 3.05) is 13.7 Å². The van der Waals surface area contributed by atoms with E-state index in [1.54, 1.807) is 7.11 Å². The maximum atomic E-state index is 5.50. The Kier molecular flexibility index (Phi) is 7.73. The van der Waals surface area contributed by atoms with Crippen LogP contribution in [0.2, 0.25) is 0 Å². The second-order valence-electron chi connectivity index (χ2n) is 6.37. The molecular formula is C18H32N2O. The molecule has 0 amide bonds. The Labute approximate surface area is 130 Å². The van der Waals surface area contributed by atoms with Crippen LogP contribution < -0.4 is 10.1 Å². The van der Waals surface area contributed by atoms with E-state index < -0.39 is 0 Å². The van der Waals surface area contributed by atoms with E-state index in [9.17, 15) is 0 Å². The van der Waals surface area contributed by atoms with Crippen LogP contribution in [0.4, 0.5) is 0 Å². The van der Waals surface area contributed by atoms with Crippen LogP contribution in [0.25, 0.3) is 0 Å². The third-order valence-electron chi connectivity index (χ3n) is 3.92. The Balaban J connectivity index is 2.70. The van der Waals surface area contributed by atoms with E-state index in [4.69, 9.17) is 4.74 Å². The van der Waals surface area contributed by atoms with Gasteiger partial charge in [0.25, 0.3) is 0 Å². The molecule has 0 radical (unpaired) electrons. The third kappa shape index (κ3) is 5.66. The maximum absolute atomic E-state index is 5.50. The molecule has 0 aliphatic heterocycles. The third-order valence-corrected chi connectivity index (χ3v) is 3.92. The minimum Gasteiger partial charge on any atom is -0.496 e. The van der Waals surface area contributed by atoms with Gasteiger partial charge in [-0.3, -0.25) is 4.98 Å². The standard InChI is InChI=1S/C18H32N2O/c1-7-10-19-16(11-13(2)3)8-9-17-15(5)18(21-6)14(4)12-20-17/h12-13,16,19H,7-11H2,1-6H3. The number of ether oxygens (including phenoxy) is 1. The second-order valence-corrected chi connectivity index (χ2v) is 6.37. The summed E-state index contributed by atoms with van der Waals surface area (Å²) in [6, 6.07) is 0.582. The number of nitrogens with one attached hydrogen (secondary N) is 1. The lowest BCUT2D eigenvalue weighted by molar-refractivity contribution is 0.394. The fourth-order valence-corrected chi connectivity index (χ4v) is 2.85. The first-order chi connectivity index (χ1) is 9.99. The summed E-state index contributed by atoms with van der Waals surface area (Å²) >= 11 is 0. The van der Waals surface area contributed by atoms with E-state index in [0.29, 0.717) is 6.04 Å². The average Bonchev–Trinajstić information content (AvgIpc) is 2.43. The van der Waals surface area contributed by atoms with Gasteiger partial charge in [-0.1, -0.05) is 20.8 Å². The monoisotopic (exact) mass is 292 g/mol. The smallest absolute Gasteiger partial charge is 0.128 e. The van der Waals surface area contributed by atoms with Crippen molar-refractivity contribution >= 4 is 0 Å². The number of rotatable bonds is 9. The van der Waals surface area contributed by atoms with Crippen LogP contribution in [-0.4, -0.2) is 24.7 Å². The molecule has 0 aliphatic rings. The Hall–Kier alpha value is -1.09. The van der Waals surface area contributed by atoms with E-state index >= 15 is 0 Å². The number of methoxy groups -OCH3 is 1. The molecule has 21 heavy (non-hydrogen) atoms. The van der Waals surface area contributed by atoms with Crippen LogP contribution in [0.15, 0.2) is 6.20 Å². The predicted octanol–water partition coefficient (Wildman–Crippen LogP) is 4.05. The Morgan fingerprint density at radius 2 is 2.00 bits per heavy atom. The van der Waals surface area contributed by atoms with Gasteiger partial charge in [-0.15, -0.1) is 0 Å². The van der Waals surface area contributed by atoms with E-state index in [0.717, 1.165) is 36.6 Å². The van der Waals surface area contributed by atoms with E-state index in [1.165, 1.54) is 24.1 Å². The highest BCUT2D eigenvalue weighted by molar-refractivity contribution is 5.41. The fourth-order valence-electron chi connectivity index (χ4n) is 2.85. The molecule has 1 rings (SSSR count). The zero-order valence-electron chi connectivity index (χ0n) is 14.6. The van der Waals surface area contributed by atoms with Gasteiger partial charge in [0, 0.05) is 29.1 Å². The molecule has 0 aliphatic carbocycles. The highest BCUT2D eigenvalue weighted by Crippen LogP contribution is 2.25. The SMILES string of the molecule is CCCNC(CCc1ncc(C)c(OC)c1C)CC(C)C. The quantitative estimate of drug-likeness (QED) is 0.745. The van der Waals surface area contributed by atoms with Crippen molar-refractivity contribution in [1.29, 1.82) is 0 Å². The number of aromatic nitrogens is 1. The molecule has 1 aromatic heterocycles. The number of nitrogens with zero attached hydrogens (tertiary/aromatic N) is 1. The van der Waals surface area contributed by atoms with Gasteiger partial charge in [0.05, 0.1) is 7.11 Å². The zero-order valence-corrected chi connectivity index (χ0v) is 14.6. The number of hydrogen-bond donors (Lipinski definition) is 1.